The summed E-state index contributed by atoms with van der Waals surface area (Å²) in [6.45, 7) is 2.11. The molecule has 0 saturated heterocycles. The fourth-order valence-corrected chi connectivity index (χ4v) is 1.83. The molecule has 5 heteroatoms. The van der Waals surface area contributed by atoms with Gasteiger partial charge in [-0.15, -0.1) is 0 Å². The van der Waals surface area contributed by atoms with Gasteiger partial charge < -0.3 is 14.4 Å². The van der Waals surface area contributed by atoms with Crippen LogP contribution in [0.5, 0.6) is 0 Å². The van der Waals surface area contributed by atoms with Crippen molar-refractivity contribution < 1.29 is 19.2 Å². The molecule has 1 aromatic carbocycles. The molecule has 18 heavy (non-hydrogen) atoms. The summed E-state index contributed by atoms with van der Waals surface area (Å²) in [5.41, 5.74) is 2.45. The molecular weight excluding hydrogens is 234 g/mol. The summed E-state index contributed by atoms with van der Waals surface area (Å²) >= 11 is 0. The second-order valence-corrected chi connectivity index (χ2v) is 3.88. The number of carboxylic acids is 1. The van der Waals surface area contributed by atoms with Gasteiger partial charge in [-0.05, 0) is 24.6 Å². The first-order valence-corrected chi connectivity index (χ1v) is 5.41. The summed E-state index contributed by atoms with van der Waals surface area (Å²) in [4.78, 5) is 11.0. The maximum Gasteiger partial charge on any atom is 0.335 e. The van der Waals surface area contributed by atoms with Crippen LogP contribution in [0.3, 0.4) is 0 Å². The monoisotopic (exact) mass is 247 g/mol. The zero-order valence-electron chi connectivity index (χ0n) is 10.1. The van der Waals surface area contributed by atoms with E-state index in [-0.39, 0.29) is 5.56 Å². The third-order valence-electron chi connectivity index (χ3n) is 2.61. The molecule has 0 bridgehead atoms. The summed E-state index contributed by atoms with van der Waals surface area (Å²) in [6.07, 6.45) is 0. The Morgan fingerprint density at radius 3 is 2.94 bits per heavy atom. The van der Waals surface area contributed by atoms with Gasteiger partial charge in [-0.1, -0.05) is 17.3 Å². The fraction of sp³-hybridized carbons (Fsp3) is 0.231. The first kappa shape index (κ1) is 12.3. The lowest BCUT2D eigenvalue weighted by atomic mass is 10.0. The molecule has 0 atom stereocenters. The van der Waals surface area contributed by atoms with E-state index in [1.165, 1.54) is 0 Å². The van der Waals surface area contributed by atoms with Gasteiger partial charge in [-0.25, -0.2) is 4.79 Å². The molecule has 0 fully saturated rings. The number of hydrogen-bond donors (Lipinski definition) is 1. The zero-order chi connectivity index (χ0) is 13.1. The number of benzene rings is 1. The first-order valence-electron chi connectivity index (χ1n) is 5.41. The average Bonchev–Trinajstić information content (AvgIpc) is 2.71. The van der Waals surface area contributed by atoms with Crippen molar-refractivity contribution in [1.82, 2.24) is 5.16 Å². The summed E-state index contributed by atoms with van der Waals surface area (Å²) in [6, 6.07) is 6.67. The van der Waals surface area contributed by atoms with E-state index in [9.17, 15) is 4.79 Å². The Labute approximate surface area is 104 Å². The molecule has 0 saturated carbocycles. The van der Waals surface area contributed by atoms with Gasteiger partial charge in [0.15, 0.2) is 0 Å². The van der Waals surface area contributed by atoms with Crippen molar-refractivity contribution in [3.8, 4) is 11.1 Å². The molecule has 0 aliphatic heterocycles. The molecule has 5 nitrogen and oxygen atoms in total. The van der Waals surface area contributed by atoms with E-state index in [2.05, 4.69) is 5.16 Å². The van der Waals surface area contributed by atoms with Crippen LogP contribution in [0.2, 0.25) is 0 Å². The lowest BCUT2D eigenvalue weighted by Gasteiger charge is -2.03. The predicted octanol–water partition coefficient (Wildman–Crippen LogP) is 2.49. The second-order valence-electron chi connectivity index (χ2n) is 3.88. The molecule has 2 aromatic rings. The van der Waals surface area contributed by atoms with Gasteiger partial charge in [0, 0.05) is 12.7 Å². The lowest BCUT2D eigenvalue weighted by molar-refractivity contribution is 0.0697. The summed E-state index contributed by atoms with van der Waals surface area (Å²) in [5, 5.41) is 12.9. The molecule has 0 unspecified atom stereocenters. The highest BCUT2D eigenvalue weighted by atomic mass is 16.5. The highest BCUT2D eigenvalue weighted by Crippen LogP contribution is 2.28. The van der Waals surface area contributed by atoms with Gasteiger partial charge in [0.05, 0.1) is 12.2 Å². The third-order valence-corrected chi connectivity index (χ3v) is 2.61. The molecule has 1 N–H and O–H groups in total. The number of rotatable bonds is 4. The van der Waals surface area contributed by atoms with Crippen molar-refractivity contribution in [2.45, 2.75) is 13.5 Å². The second kappa shape index (κ2) is 5.01. The molecule has 1 aromatic heterocycles. The van der Waals surface area contributed by atoms with Gasteiger partial charge in [0.2, 0.25) is 0 Å². The minimum absolute atomic E-state index is 0.233. The summed E-state index contributed by atoms with van der Waals surface area (Å²) in [7, 11) is 1.57. The van der Waals surface area contributed by atoms with E-state index < -0.39 is 5.97 Å². The number of aryl methyl sites for hydroxylation is 1. The van der Waals surface area contributed by atoms with Crippen molar-refractivity contribution in [1.29, 1.82) is 0 Å². The Morgan fingerprint density at radius 2 is 2.28 bits per heavy atom. The molecule has 2 rings (SSSR count). The number of carboxylic acid groups (broad SMARTS) is 1. The minimum atomic E-state index is -0.959. The largest absolute Gasteiger partial charge is 0.478 e. The van der Waals surface area contributed by atoms with Crippen molar-refractivity contribution >= 4 is 5.97 Å². The Bertz CT molecular complexity index is 574. The molecule has 0 spiro atoms. The van der Waals surface area contributed by atoms with Crippen LogP contribution in [0, 0.1) is 6.92 Å². The van der Waals surface area contributed by atoms with Gasteiger partial charge in [-0.2, -0.15) is 0 Å². The molecule has 0 amide bonds. The number of aromatic nitrogens is 1. The van der Waals surface area contributed by atoms with Crippen molar-refractivity contribution in [2.75, 3.05) is 7.11 Å². The lowest BCUT2D eigenvalue weighted by Crippen LogP contribution is -1.97. The van der Waals surface area contributed by atoms with Crippen LogP contribution in [-0.4, -0.2) is 23.3 Å². The smallest absolute Gasteiger partial charge is 0.335 e. The van der Waals surface area contributed by atoms with E-state index in [1.54, 1.807) is 32.2 Å². The van der Waals surface area contributed by atoms with E-state index in [4.69, 9.17) is 14.4 Å². The van der Waals surface area contributed by atoms with Crippen molar-refractivity contribution in [3.05, 3.63) is 41.3 Å². The van der Waals surface area contributed by atoms with Crippen LogP contribution in [0.15, 0.2) is 28.8 Å². The number of ether oxygens (including phenoxy) is 1. The average molecular weight is 247 g/mol. The van der Waals surface area contributed by atoms with E-state index in [1.807, 2.05) is 6.07 Å². The molecule has 94 valence electrons. The number of nitrogens with zero attached hydrogens (tertiary/aromatic N) is 1. The van der Waals surface area contributed by atoms with Crippen LogP contribution in [-0.2, 0) is 11.3 Å². The molecule has 0 aliphatic carbocycles. The number of aromatic carboxylic acids is 1. The normalized spacial score (nSPS) is 10.6. The van der Waals surface area contributed by atoms with Gasteiger partial charge in [0.25, 0.3) is 0 Å². The third kappa shape index (κ3) is 2.26. The fourth-order valence-electron chi connectivity index (χ4n) is 1.83. The number of hydrogen-bond acceptors (Lipinski definition) is 4. The topological polar surface area (TPSA) is 72.6 Å². The zero-order valence-corrected chi connectivity index (χ0v) is 10.1. The highest BCUT2D eigenvalue weighted by molar-refractivity contribution is 5.89. The molecule has 1 heterocycles. The van der Waals surface area contributed by atoms with E-state index in [0.717, 1.165) is 11.1 Å². The predicted molar refractivity (Wildman–Crippen MR) is 64.3 cm³/mol. The summed E-state index contributed by atoms with van der Waals surface area (Å²) < 4.78 is 10.2. The Morgan fingerprint density at radius 1 is 1.50 bits per heavy atom. The van der Waals surface area contributed by atoms with Crippen molar-refractivity contribution in [3.63, 3.8) is 0 Å². The summed E-state index contributed by atoms with van der Waals surface area (Å²) in [5.74, 6) is -0.316. The number of carbonyl (C=O) groups is 1. The van der Waals surface area contributed by atoms with Crippen LogP contribution in [0.1, 0.15) is 21.8 Å². The number of methoxy groups -OCH3 is 1. The highest BCUT2D eigenvalue weighted by Gasteiger charge is 2.15. The maximum absolute atomic E-state index is 11.0. The van der Waals surface area contributed by atoms with E-state index >= 15 is 0 Å². The van der Waals surface area contributed by atoms with Crippen LogP contribution < -0.4 is 0 Å². The van der Waals surface area contributed by atoms with Gasteiger partial charge >= 0.3 is 5.97 Å². The van der Waals surface area contributed by atoms with Gasteiger partial charge in [-0.3, -0.25) is 0 Å². The van der Waals surface area contributed by atoms with Crippen molar-refractivity contribution in [2.24, 2.45) is 0 Å². The Balaban J connectivity index is 2.51. The molecular formula is C13H13NO4. The SMILES string of the molecule is COCc1noc(C)c1-c1cccc(C(=O)O)c1. The van der Waals surface area contributed by atoms with Crippen LogP contribution in [0.25, 0.3) is 11.1 Å². The maximum atomic E-state index is 11.0. The molecule has 0 radical (unpaired) electrons. The Kier molecular flexibility index (Phi) is 3.43. The quantitative estimate of drug-likeness (QED) is 0.898. The minimum Gasteiger partial charge on any atom is -0.478 e. The van der Waals surface area contributed by atoms with E-state index in [0.29, 0.717) is 18.1 Å². The molecule has 0 aliphatic rings. The Hall–Kier alpha value is -2.14. The first-order chi connectivity index (χ1) is 8.63. The van der Waals surface area contributed by atoms with Gasteiger partial charge in [0.1, 0.15) is 11.5 Å². The van der Waals surface area contributed by atoms with Crippen LogP contribution in [0.4, 0.5) is 0 Å². The standard InChI is InChI=1S/C13H13NO4/c1-8-12(11(7-17-2)14-18-8)9-4-3-5-10(6-9)13(15)16/h3-6H,7H2,1-2H3,(H,15,16). The van der Waals surface area contributed by atoms with Crippen LogP contribution >= 0.6 is 0 Å².